The number of aryl methyl sites for hydroxylation is 1. The molecule has 0 heterocycles. The zero-order valence-electron chi connectivity index (χ0n) is 17.6. The van der Waals surface area contributed by atoms with Crippen LogP contribution >= 0.6 is 0 Å². The van der Waals surface area contributed by atoms with Crippen molar-refractivity contribution in [3.63, 3.8) is 0 Å². The number of hydrogen-bond acceptors (Lipinski definition) is 2. The van der Waals surface area contributed by atoms with Crippen LogP contribution < -0.4 is 5.46 Å². The molecule has 0 amide bonds. The molecule has 0 radical (unpaired) electrons. The fourth-order valence-electron chi connectivity index (χ4n) is 4.68. The normalized spacial score (nSPS) is 19.3. The molecule has 0 spiro atoms. The minimum Gasteiger partial charge on any atom is -0.423 e. The third-order valence-electron chi connectivity index (χ3n) is 6.28. The molecule has 4 heteroatoms. The molecule has 0 aliphatic heterocycles. The Morgan fingerprint density at radius 1 is 0.966 bits per heavy atom. The van der Waals surface area contributed by atoms with Crippen molar-refractivity contribution in [3.05, 3.63) is 53.6 Å². The lowest BCUT2D eigenvalue weighted by Gasteiger charge is -2.28. The Kier molecular flexibility index (Phi) is 8.32. The Morgan fingerprint density at radius 2 is 1.72 bits per heavy atom. The lowest BCUT2D eigenvalue weighted by atomic mass is 9.68. The summed E-state index contributed by atoms with van der Waals surface area (Å²) in [7, 11) is -1.56. The molecule has 2 atom stereocenters. The molecule has 3 rings (SSSR count). The van der Waals surface area contributed by atoms with E-state index in [9.17, 15) is 14.4 Å². The quantitative estimate of drug-likeness (QED) is 0.432. The number of alkyl halides is 1. The van der Waals surface area contributed by atoms with Gasteiger partial charge >= 0.3 is 7.12 Å². The van der Waals surface area contributed by atoms with Crippen molar-refractivity contribution < 1.29 is 14.4 Å². The molecule has 0 bridgehead atoms. The second-order valence-corrected chi connectivity index (χ2v) is 8.50. The van der Waals surface area contributed by atoms with Crippen LogP contribution in [-0.2, 0) is 6.42 Å². The van der Waals surface area contributed by atoms with Gasteiger partial charge in [-0.15, -0.1) is 0 Å². The predicted octanol–water partition coefficient (Wildman–Crippen LogP) is 5.54. The highest BCUT2D eigenvalue weighted by molar-refractivity contribution is 6.61. The van der Waals surface area contributed by atoms with E-state index in [0.717, 1.165) is 36.0 Å². The molecule has 29 heavy (non-hydrogen) atoms. The van der Waals surface area contributed by atoms with Crippen LogP contribution in [-0.4, -0.2) is 23.3 Å². The topological polar surface area (TPSA) is 40.5 Å². The zero-order chi connectivity index (χ0) is 20.6. The minimum atomic E-state index is -1.56. The third-order valence-corrected chi connectivity index (χ3v) is 6.28. The molecule has 1 aliphatic carbocycles. The van der Waals surface area contributed by atoms with Crippen molar-refractivity contribution in [2.24, 2.45) is 0 Å². The predicted molar refractivity (Wildman–Crippen MR) is 120 cm³/mol. The second kappa shape index (κ2) is 10.9. The van der Waals surface area contributed by atoms with E-state index in [1.165, 1.54) is 37.7 Å². The Hall–Kier alpha value is -1.65. The highest BCUT2D eigenvalue weighted by Crippen LogP contribution is 2.35. The number of halogens is 1. The molecular formula is C25H34BFO2. The Bertz CT molecular complexity index is 760. The van der Waals surface area contributed by atoms with Gasteiger partial charge in [0.1, 0.15) is 6.17 Å². The van der Waals surface area contributed by atoms with Gasteiger partial charge in [-0.05, 0) is 72.2 Å². The summed E-state index contributed by atoms with van der Waals surface area (Å²) in [5.74, 6) is 0.0536. The molecule has 1 aliphatic rings. The maximum atomic E-state index is 14.0. The van der Waals surface area contributed by atoms with Crippen LogP contribution in [0.2, 0.25) is 0 Å². The first-order valence-electron chi connectivity index (χ1n) is 11.3. The molecule has 2 N–H and O–H groups in total. The molecule has 2 unspecified atom stereocenters. The van der Waals surface area contributed by atoms with Crippen molar-refractivity contribution in [3.8, 4) is 11.1 Å². The van der Waals surface area contributed by atoms with Crippen LogP contribution in [0.15, 0.2) is 42.5 Å². The van der Waals surface area contributed by atoms with Crippen LogP contribution in [0.4, 0.5) is 4.39 Å². The standard InChI is InChI=1S/C25H34BFO2/c1-2-3-4-5-6-9-19-14-16-20(17-15-19)23-12-8-13-24(25(23)26(28)29)21-10-7-11-22(27)18-21/h8,12-17,21-22,28-29H,2-7,9-11,18H2,1H3. The van der Waals surface area contributed by atoms with Crippen LogP contribution in [0.3, 0.4) is 0 Å². The Morgan fingerprint density at radius 3 is 2.41 bits per heavy atom. The average Bonchev–Trinajstić information content (AvgIpc) is 2.73. The first-order valence-corrected chi connectivity index (χ1v) is 11.3. The number of hydrogen-bond donors (Lipinski definition) is 2. The fourth-order valence-corrected chi connectivity index (χ4v) is 4.68. The average molecular weight is 396 g/mol. The summed E-state index contributed by atoms with van der Waals surface area (Å²) in [6, 6.07) is 14.3. The molecule has 2 nitrogen and oxygen atoms in total. The van der Waals surface area contributed by atoms with E-state index in [4.69, 9.17) is 0 Å². The van der Waals surface area contributed by atoms with Crippen LogP contribution in [0, 0.1) is 0 Å². The summed E-state index contributed by atoms with van der Waals surface area (Å²) < 4.78 is 14.0. The van der Waals surface area contributed by atoms with Crippen LogP contribution in [0.5, 0.6) is 0 Å². The van der Waals surface area contributed by atoms with Crippen molar-refractivity contribution in [2.75, 3.05) is 0 Å². The highest BCUT2D eigenvalue weighted by Gasteiger charge is 2.29. The van der Waals surface area contributed by atoms with Crippen molar-refractivity contribution >= 4 is 12.6 Å². The van der Waals surface area contributed by atoms with E-state index in [0.29, 0.717) is 18.3 Å². The maximum Gasteiger partial charge on any atom is 0.489 e. The van der Waals surface area contributed by atoms with Crippen molar-refractivity contribution in [1.82, 2.24) is 0 Å². The first kappa shape index (κ1) is 22.0. The summed E-state index contributed by atoms with van der Waals surface area (Å²) in [5.41, 5.74) is 4.57. The van der Waals surface area contributed by atoms with E-state index >= 15 is 0 Å². The number of unbranched alkanes of at least 4 members (excludes halogenated alkanes) is 4. The largest absolute Gasteiger partial charge is 0.489 e. The van der Waals surface area contributed by atoms with Gasteiger partial charge in [-0.1, -0.05) is 75.1 Å². The summed E-state index contributed by atoms with van der Waals surface area (Å²) in [6.07, 6.45) is 9.50. The fraction of sp³-hybridized carbons (Fsp3) is 0.520. The van der Waals surface area contributed by atoms with Gasteiger partial charge in [0.15, 0.2) is 0 Å². The molecule has 2 aromatic carbocycles. The van der Waals surface area contributed by atoms with Gasteiger partial charge in [-0.25, -0.2) is 4.39 Å². The lowest BCUT2D eigenvalue weighted by Crippen LogP contribution is -2.36. The summed E-state index contributed by atoms with van der Waals surface area (Å²) >= 11 is 0. The van der Waals surface area contributed by atoms with Crippen LogP contribution in [0.25, 0.3) is 11.1 Å². The summed E-state index contributed by atoms with van der Waals surface area (Å²) in [4.78, 5) is 0. The minimum absolute atomic E-state index is 0.0536. The van der Waals surface area contributed by atoms with Gasteiger partial charge in [0, 0.05) is 0 Å². The SMILES string of the molecule is CCCCCCCc1ccc(-c2cccc(C3CCCC(F)C3)c2B(O)O)cc1. The van der Waals surface area contributed by atoms with Gasteiger partial charge in [-0.3, -0.25) is 0 Å². The maximum absolute atomic E-state index is 14.0. The van der Waals surface area contributed by atoms with Gasteiger partial charge < -0.3 is 10.0 Å². The smallest absolute Gasteiger partial charge is 0.423 e. The number of rotatable bonds is 9. The zero-order valence-corrected chi connectivity index (χ0v) is 17.6. The van der Waals surface area contributed by atoms with Crippen molar-refractivity contribution in [2.45, 2.75) is 83.2 Å². The molecule has 0 saturated heterocycles. The first-order chi connectivity index (χ1) is 14.1. The van der Waals surface area contributed by atoms with Crippen LogP contribution in [0.1, 0.15) is 81.8 Å². The molecule has 1 saturated carbocycles. The van der Waals surface area contributed by atoms with E-state index in [-0.39, 0.29) is 5.92 Å². The van der Waals surface area contributed by atoms with E-state index in [2.05, 4.69) is 31.2 Å². The van der Waals surface area contributed by atoms with E-state index in [1.807, 2.05) is 18.2 Å². The Balaban J connectivity index is 1.78. The van der Waals surface area contributed by atoms with E-state index < -0.39 is 13.3 Å². The Labute approximate surface area is 175 Å². The van der Waals surface area contributed by atoms with Gasteiger partial charge in [0.25, 0.3) is 0 Å². The third kappa shape index (κ3) is 5.93. The highest BCUT2D eigenvalue weighted by atomic mass is 19.1. The molecular weight excluding hydrogens is 362 g/mol. The van der Waals surface area contributed by atoms with Gasteiger partial charge in [0.05, 0.1) is 0 Å². The monoisotopic (exact) mass is 396 g/mol. The molecule has 1 fully saturated rings. The second-order valence-electron chi connectivity index (χ2n) is 8.50. The van der Waals surface area contributed by atoms with Gasteiger partial charge in [-0.2, -0.15) is 0 Å². The van der Waals surface area contributed by atoms with Gasteiger partial charge in [0.2, 0.25) is 0 Å². The lowest BCUT2D eigenvalue weighted by molar-refractivity contribution is 0.231. The molecule has 0 aromatic heterocycles. The summed E-state index contributed by atoms with van der Waals surface area (Å²) in [5, 5.41) is 20.3. The summed E-state index contributed by atoms with van der Waals surface area (Å²) in [6.45, 7) is 2.23. The van der Waals surface area contributed by atoms with Crippen molar-refractivity contribution in [1.29, 1.82) is 0 Å². The van der Waals surface area contributed by atoms with E-state index in [1.54, 1.807) is 0 Å². The number of benzene rings is 2. The molecule has 2 aromatic rings. The molecule has 156 valence electrons.